The maximum atomic E-state index is 13.9. The second kappa shape index (κ2) is 16.0. The first kappa shape index (κ1) is 40.1. The van der Waals surface area contributed by atoms with Crippen LogP contribution in [0.2, 0.25) is 0 Å². The lowest BCUT2D eigenvalue weighted by Crippen LogP contribution is -2.56. The van der Waals surface area contributed by atoms with Crippen LogP contribution in [0.1, 0.15) is 52.0 Å². The minimum atomic E-state index is -4.77. The summed E-state index contributed by atoms with van der Waals surface area (Å²) in [5.74, 6) is -1.27. The number of nitrogens with one attached hydrogen (secondary N) is 3. The number of alkyl halides is 3. The van der Waals surface area contributed by atoms with Crippen molar-refractivity contribution in [3.05, 3.63) is 89.0 Å². The molecule has 3 aliphatic rings. The standard InChI is InChI=1S/C37H41F3N12O5S/c1-48(21-23-4-5-24-22-52(34(54)28(24)18-23)51-17-12-31(53)46-36(51)55)26-10-15-50(16-11-26)27-8-6-25(7-9-27)45-35-44-19-29(37(38,39)40)32(47-35)43-20-30-33(42-14-13-41-30)49(2)58(3,56)57/h4-9,13-14,18-19,26H,10-12,15-17,20-22H2,1-3H3,(H,46,53,55)(H2,43,44,45,47). The Hall–Kier alpha value is -6.09. The van der Waals surface area contributed by atoms with E-state index in [0.29, 0.717) is 30.0 Å². The van der Waals surface area contributed by atoms with Gasteiger partial charge in [-0.05, 0) is 61.3 Å². The number of imide groups is 1. The predicted molar refractivity (Wildman–Crippen MR) is 207 cm³/mol. The summed E-state index contributed by atoms with van der Waals surface area (Å²) in [7, 11) is -0.380. The van der Waals surface area contributed by atoms with E-state index in [1.165, 1.54) is 29.5 Å². The number of halogens is 3. The first-order chi connectivity index (χ1) is 27.5. The summed E-state index contributed by atoms with van der Waals surface area (Å²) in [6, 6.07) is 12.9. The Kier molecular flexibility index (Phi) is 11.1. The minimum absolute atomic E-state index is 0.0370. The second-order valence-corrected chi connectivity index (χ2v) is 16.3. The lowest BCUT2D eigenvalue weighted by molar-refractivity contribution is -0.137. The summed E-state index contributed by atoms with van der Waals surface area (Å²) in [6.07, 6.45) is 1.39. The fraction of sp³-hybridized carbons (Fsp3) is 0.378. The van der Waals surface area contributed by atoms with Gasteiger partial charge in [-0.3, -0.25) is 29.1 Å². The third kappa shape index (κ3) is 8.74. The van der Waals surface area contributed by atoms with Gasteiger partial charge in [0.1, 0.15) is 17.1 Å². The monoisotopic (exact) mass is 822 g/mol. The van der Waals surface area contributed by atoms with Gasteiger partial charge in [0.15, 0.2) is 5.82 Å². The van der Waals surface area contributed by atoms with Crippen LogP contribution in [0.3, 0.4) is 0 Å². The molecule has 0 saturated carbocycles. The van der Waals surface area contributed by atoms with Crippen molar-refractivity contribution in [1.82, 2.24) is 40.2 Å². The molecule has 2 fully saturated rings. The minimum Gasteiger partial charge on any atom is -0.371 e. The average molecular weight is 823 g/mol. The Morgan fingerprint density at radius 3 is 2.36 bits per heavy atom. The van der Waals surface area contributed by atoms with Crippen LogP contribution in [0.5, 0.6) is 0 Å². The van der Waals surface area contributed by atoms with Gasteiger partial charge in [-0.15, -0.1) is 0 Å². The molecule has 21 heteroatoms. The van der Waals surface area contributed by atoms with E-state index in [1.807, 2.05) is 30.3 Å². The number of hydrazine groups is 1. The zero-order valence-electron chi connectivity index (χ0n) is 31.8. The van der Waals surface area contributed by atoms with Crippen molar-refractivity contribution in [2.75, 3.05) is 59.8 Å². The maximum Gasteiger partial charge on any atom is 0.421 e. The topological polar surface area (TPSA) is 189 Å². The van der Waals surface area contributed by atoms with Gasteiger partial charge in [0.05, 0.1) is 25.9 Å². The van der Waals surface area contributed by atoms with E-state index in [4.69, 9.17) is 0 Å². The molecule has 0 unspecified atom stereocenters. The Balaban J connectivity index is 0.938. The van der Waals surface area contributed by atoms with Crippen LogP contribution in [-0.4, -0.2) is 107 Å². The van der Waals surface area contributed by atoms with Crippen molar-refractivity contribution in [1.29, 1.82) is 0 Å². The summed E-state index contributed by atoms with van der Waals surface area (Å²) in [6.45, 7) is 2.35. The van der Waals surface area contributed by atoms with E-state index < -0.39 is 33.6 Å². The molecule has 17 nitrogen and oxygen atoms in total. The molecule has 4 amide bonds. The molecule has 2 aromatic carbocycles. The van der Waals surface area contributed by atoms with E-state index in [-0.39, 0.29) is 55.3 Å². The fourth-order valence-electron chi connectivity index (χ4n) is 7.13. The largest absolute Gasteiger partial charge is 0.421 e. The Labute approximate surface area is 332 Å². The molecule has 4 aromatic rings. The number of urea groups is 1. The molecule has 3 N–H and O–H groups in total. The van der Waals surface area contributed by atoms with Gasteiger partial charge in [-0.25, -0.2) is 33.2 Å². The average Bonchev–Trinajstić information content (AvgIpc) is 3.51. The number of nitrogens with zero attached hydrogens (tertiary/aromatic N) is 9. The van der Waals surface area contributed by atoms with Crippen molar-refractivity contribution in [2.45, 2.75) is 51.1 Å². The van der Waals surface area contributed by atoms with Crippen molar-refractivity contribution in [3.63, 3.8) is 0 Å². The van der Waals surface area contributed by atoms with Crippen molar-refractivity contribution < 1.29 is 36.0 Å². The number of carbonyl (C=O) groups excluding carboxylic acids is 3. The third-order valence-corrected chi connectivity index (χ3v) is 11.5. The predicted octanol–water partition coefficient (Wildman–Crippen LogP) is 3.95. The van der Waals surface area contributed by atoms with Gasteiger partial charge >= 0.3 is 12.2 Å². The Bertz CT molecular complexity index is 2320. The molecule has 0 aliphatic carbocycles. The van der Waals surface area contributed by atoms with Gasteiger partial charge < -0.3 is 15.5 Å². The van der Waals surface area contributed by atoms with Gasteiger partial charge in [-0.2, -0.15) is 18.2 Å². The number of aromatic nitrogens is 4. The number of hydrogen-bond acceptors (Lipinski definition) is 13. The lowest BCUT2D eigenvalue weighted by Gasteiger charge is -2.38. The SMILES string of the molecule is CN(Cc1ccc2c(c1)C(=O)N(N1CCC(=O)NC1=O)C2)C1CCN(c2ccc(Nc3ncc(C(F)(F)F)c(NCc4nccnc4N(C)S(C)(=O)=O)n3)cc2)CC1. The van der Waals surface area contributed by atoms with E-state index in [1.54, 1.807) is 12.1 Å². The fourth-order valence-corrected chi connectivity index (χ4v) is 7.60. The number of carbonyl (C=O) groups is 3. The number of hydrogen-bond donors (Lipinski definition) is 3. The quantitative estimate of drug-likeness (QED) is 0.187. The van der Waals surface area contributed by atoms with Crippen molar-refractivity contribution in [2.24, 2.45) is 0 Å². The van der Waals surface area contributed by atoms with Gasteiger partial charge in [0.2, 0.25) is 21.9 Å². The Morgan fingerprint density at radius 1 is 0.948 bits per heavy atom. The van der Waals surface area contributed by atoms with E-state index in [0.717, 1.165) is 53.3 Å². The van der Waals surface area contributed by atoms with Crippen LogP contribution in [0, 0.1) is 0 Å². The number of benzene rings is 2. The van der Waals surface area contributed by atoms with Crippen molar-refractivity contribution in [3.8, 4) is 0 Å². The number of sulfonamides is 1. The molecule has 3 aliphatic heterocycles. The van der Waals surface area contributed by atoms with E-state index in [9.17, 15) is 36.0 Å². The van der Waals surface area contributed by atoms with Crippen LogP contribution in [0.15, 0.2) is 61.1 Å². The number of anilines is 5. The second-order valence-electron chi connectivity index (χ2n) is 14.3. The summed E-state index contributed by atoms with van der Waals surface area (Å²) in [4.78, 5) is 57.9. The van der Waals surface area contributed by atoms with Crippen molar-refractivity contribution >= 4 is 56.8 Å². The first-order valence-corrected chi connectivity index (χ1v) is 20.2. The number of rotatable bonds is 12. The highest BCUT2D eigenvalue weighted by atomic mass is 32.2. The molecule has 2 aromatic heterocycles. The number of fused-ring (bicyclic) bond motifs is 1. The zero-order valence-corrected chi connectivity index (χ0v) is 32.6. The molecule has 2 saturated heterocycles. The van der Waals surface area contributed by atoms with Crippen LogP contribution in [0.25, 0.3) is 0 Å². The lowest BCUT2D eigenvalue weighted by atomic mass is 10.0. The van der Waals surface area contributed by atoms with E-state index in [2.05, 4.69) is 52.7 Å². The van der Waals surface area contributed by atoms with Crippen LogP contribution in [-0.2, 0) is 40.6 Å². The highest BCUT2D eigenvalue weighted by Crippen LogP contribution is 2.35. The van der Waals surface area contributed by atoms with Gasteiger partial charge in [0, 0.05) is 74.7 Å². The summed E-state index contributed by atoms with van der Waals surface area (Å²) < 4.78 is 66.9. The summed E-state index contributed by atoms with van der Waals surface area (Å²) in [5, 5.41) is 10.5. The number of piperidine rings is 1. The summed E-state index contributed by atoms with van der Waals surface area (Å²) in [5.41, 5.74) is 2.89. The first-order valence-electron chi connectivity index (χ1n) is 18.3. The maximum absolute atomic E-state index is 13.9. The smallest absolute Gasteiger partial charge is 0.371 e. The van der Waals surface area contributed by atoms with Crippen LogP contribution < -0.4 is 25.2 Å². The zero-order chi connectivity index (χ0) is 41.4. The molecule has 0 atom stereocenters. The molecular weight excluding hydrogens is 782 g/mol. The van der Waals surface area contributed by atoms with Crippen LogP contribution >= 0.6 is 0 Å². The number of amides is 4. The molecule has 58 heavy (non-hydrogen) atoms. The molecule has 0 spiro atoms. The van der Waals surface area contributed by atoms with Crippen LogP contribution in [0.4, 0.5) is 46.9 Å². The molecular formula is C37H41F3N12O5S. The summed E-state index contributed by atoms with van der Waals surface area (Å²) >= 11 is 0. The highest BCUT2D eigenvalue weighted by Gasteiger charge is 2.38. The molecule has 306 valence electrons. The molecule has 7 rings (SSSR count). The third-order valence-electron chi connectivity index (χ3n) is 10.4. The van der Waals surface area contributed by atoms with E-state index >= 15 is 0 Å². The molecule has 0 radical (unpaired) electrons. The molecule has 5 heterocycles. The molecule has 0 bridgehead atoms. The normalized spacial score (nSPS) is 16.5. The highest BCUT2D eigenvalue weighted by molar-refractivity contribution is 7.92. The van der Waals surface area contributed by atoms with Gasteiger partial charge in [-0.1, -0.05) is 12.1 Å². The Morgan fingerprint density at radius 2 is 1.67 bits per heavy atom. The van der Waals surface area contributed by atoms with Gasteiger partial charge in [0.25, 0.3) is 5.91 Å².